The average Bonchev–Trinajstić information content (AvgIpc) is 3.44. The average molecular weight is 539 g/mol. The van der Waals surface area contributed by atoms with E-state index >= 15 is 0 Å². The van der Waals surface area contributed by atoms with Gasteiger partial charge in [-0.25, -0.2) is 9.59 Å². The van der Waals surface area contributed by atoms with Crippen LogP contribution in [0.1, 0.15) is 46.0 Å². The summed E-state index contributed by atoms with van der Waals surface area (Å²) in [5.74, 6) is -0.543. The number of hydrogen-bond donors (Lipinski definition) is 4. The summed E-state index contributed by atoms with van der Waals surface area (Å²) in [6, 6.07) is 0. The van der Waals surface area contributed by atoms with Crippen LogP contribution in [0.15, 0.2) is 23.3 Å². The molecular weight excluding hydrogens is 500 g/mol. The first-order chi connectivity index (χ1) is 18.0. The second kappa shape index (κ2) is 10.3. The maximum absolute atomic E-state index is 12.9. The quantitative estimate of drug-likeness (QED) is 0.331. The SMILES string of the molecule is COC1C=C(CCC2(C)C(C)CCC34COC(=O)C3=CC(OC3OC(CO)C(O)C(O)C3O)CC42)C(=O)O1. The third-order valence-corrected chi connectivity index (χ3v) is 9.80. The van der Waals surface area contributed by atoms with Crippen molar-refractivity contribution in [1.29, 1.82) is 0 Å². The molecule has 2 aliphatic carbocycles. The number of aliphatic hydroxyl groups excluding tert-OH is 4. The first kappa shape index (κ1) is 27.7. The van der Waals surface area contributed by atoms with E-state index in [-0.39, 0.29) is 35.8 Å². The lowest BCUT2D eigenvalue weighted by atomic mass is 9.46. The number of carbonyl (C=O) groups excluding carboxylic acids is 2. The fourth-order valence-electron chi connectivity index (χ4n) is 7.24. The van der Waals surface area contributed by atoms with Gasteiger partial charge in [0.1, 0.15) is 31.0 Å². The molecule has 3 heterocycles. The highest BCUT2D eigenvalue weighted by molar-refractivity contribution is 5.93. The van der Waals surface area contributed by atoms with Crippen molar-refractivity contribution in [2.24, 2.45) is 22.7 Å². The van der Waals surface area contributed by atoms with Crippen molar-refractivity contribution in [2.75, 3.05) is 20.3 Å². The summed E-state index contributed by atoms with van der Waals surface area (Å²) >= 11 is 0. The molecule has 11 unspecified atom stereocenters. The first-order valence-corrected chi connectivity index (χ1v) is 13.3. The maximum atomic E-state index is 12.9. The summed E-state index contributed by atoms with van der Waals surface area (Å²) in [6.45, 7) is 4.10. The Bertz CT molecular complexity index is 1010. The number of carbonyl (C=O) groups is 2. The molecule has 3 fully saturated rings. The van der Waals surface area contributed by atoms with Crippen LogP contribution in [0.3, 0.4) is 0 Å². The molecule has 38 heavy (non-hydrogen) atoms. The summed E-state index contributed by atoms with van der Waals surface area (Å²) in [7, 11) is 1.48. The molecule has 0 aromatic carbocycles. The van der Waals surface area contributed by atoms with Crippen LogP contribution in [0.5, 0.6) is 0 Å². The number of esters is 2. The summed E-state index contributed by atoms with van der Waals surface area (Å²) in [5.41, 5.74) is 0.354. The molecule has 1 spiro atoms. The van der Waals surface area contributed by atoms with Gasteiger partial charge in [-0.05, 0) is 61.5 Å². The van der Waals surface area contributed by atoms with Crippen LogP contribution in [0.2, 0.25) is 0 Å². The topological polar surface area (TPSA) is 161 Å². The van der Waals surface area contributed by atoms with Gasteiger partial charge < -0.3 is 44.1 Å². The molecule has 0 aromatic heterocycles. The van der Waals surface area contributed by atoms with E-state index in [9.17, 15) is 30.0 Å². The molecule has 0 aromatic rings. The molecule has 5 aliphatic rings. The molecule has 11 atom stereocenters. The Balaban J connectivity index is 1.42. The van der Waals surface area contributed by atoms with E-state index < -0.39 is 55.1 Å². The molecule has 4 N–H and O–H groups in total. The van der Waals surface area contributed by atoms with Crippen LogP contribution in [0.25, 0.3) is 0 Å². The number of rotatable bonds is 7. The Morgan fingerprint density at radius 1 is 1.11 bits per heavy atom. The van der Waals surface area contributed by atoms with E-state index in [4.69, 9.17) is 23.7 Å². The zero-order valence-electron chi connectivity index (χ0n) is 21.9. The highest BCUT2D eigenvalue weighted by atomic mass is 16.7. The van der Waals surface area contributed by atoms with Crippen molar-refractivity contribution >= 4 is 11.9 Å². The number of cyclic esters (lactones) is 2. The Labute approximate surface area is 221 Å². The van der Waals surface area contributed by atoms with Gasteiger partial charge in [-0.15, -0.1) is 0 Å². The molecule has 11 nitrogen and oxygen atoms in total. The smallest absolute Gasteiger partial charge is 0.336 e. The van der Waals surface area contributed by atoms with E-state index in [1.807, 2.05) is 0 Å². The normalized spacial score (nSPS) is 46.6. The van der Waals surface area contributed by atoms with Crippen molar-refractivity contribution in [3.8, 4) is 0 Å². The standard InChI is InChI=1S/C27H38O11/c1-13-4-7-27-12-35-24(33)16(27)9-15(36-25-22(31)21(30)20(29)17(11-28)37-25)10-18(27)26(13,2)6-5-14-8-19(34-3)38-23(14)32/h8-9,13,15,17-22,25,28-31H,4-7,10-12H2,1-3H3. The molecule has 1 saturated carbocycles. The second-order valence-corrected chi connectivity index (χ2v) is 11.6. The number of methoxy groups -OCH3 is 1. The van der Waals surface area contributed by atoms with Gasteiger partial charge in [0, 0.05) is 23.7 Å². The third-order valence-electron chi connectivity index (χ3n) is 9.80. The maximum Gasteiger partial charge on any atom is 0.336 e. The van der Waals surface area contributed by atoms with Gasteiger partial charge in [0.15, 0.2) is 6.29 Å². The predicted octanol–water partition coefficient (Wildman–Crippen LogP) is 0.333. The fourth-order valence-corrected chi connectivity index (χ4v) is 7.24. The van der Waals surface area contributed by atoms with Gasteiger partial charge in [-0.3, -0.25) is 0 Å². The van der Waals surface area contributed by atoms with E-state index in [0.29, 0.717) is 30.4 Å². The number of aliphatic hydroxyl groups is 4. The summed E-state index contributed by atoms with van der Waals surface area (Å²) in [5, 5.41) is 40.4. The number of ether oxygens (including phenoxy) is 5. The second-order valence-electron chi connectivity index (χ2n) is 11.6. The zero-order valence-corrected chi connectivity index (χ0v) is 21.9. The number of hydrogen-bond acceptors (Lipinski definition) is 11. The van der Waals surface area contributed by atoms with E-state index in [0.717, 1.165) is 12.8 Å². The minimum Gasteiger partial charge on any atom is -0.461 e. The summed E-state index contributed by atoms with van der Waals surface area (Å²) in [4.78, 5) is 25.3. The monoisotopic (exact) mass is 538 g/mol. The minimum atomic E-state index is -1.56. The van der Waals surface area contributed by atoms with Gasteiger partial charge in [0.2, 0.25) is 6.29 Å². The molecule has 0 radical (unpaired) electrons. The van der Waals surface area contributed by atoms with Gasteiger partial charge in [0.05, 0.1) is 12.7 Å². The Kier molecular flexibility index (Phi) is 7.49. The molecule has 11 heteroatoms. The van der Waals surface area contributed by atoms with Crippen LogP contribution in [0.4, 0.5) is 0 Å². The fraction of sp³-hybridized carbons (Fsp3) is 0.778. The van der Waals surface area contributed by atoms with Crippen LogP contribution >= 0.6 is 0 Å². The van der Waals surface area contributed by atoms with Crippen LogP contribution < -0.4 is 0 Å². The van der Waals surface area contributed by atoms with Gasteiger partial charge >= 0.3 is 11.9 Å². The zero-order chi connectivity index (χ0) is 27.4. The Hall–Kier alpha value is -1.86. The van der Waals surface area contributed by atoms with Gasteiger partial charge in [0.25, 0.3) is 0 Å². The van der Waals surface area contributed by atoms with Crippen molar-refractivity contribution in [2.45, 2.75) is 89.1 Å². The molecular formula is C27H38O11. The lowest BCUT2D eigenvalue weighted by Crippen LogP contribution is -2.60. The van der Waals surface area contributed by atoms with Crippen molar-refractivity contribution in [3.63, 3.8) is 0 Å². The first-order valence-electron chi connectivity index (χ1n) is 13.3. The molecule has 212 valence electrons. The lowest BCUT2D eigenvalue weighted by Gasteiger charge is -2.57. The minimum absolute atomic E-state index is 0.0451. The Morgan fingerprint density at radius 2 is 1.87 bits per heavy atom. The van der Waals surface area contributed by atoms with Crippen LogP contribution in [-0.4, -0.2) is 95.8 Å². The molecule has 0 bridgehead atoms. The van der Waals surface area contributed by atoms with Crippen LogP contribution in [0, 0.1) is 22.7 Å². The molecule has 2 saturated heterocycles. The van der Waals surface area contributed by atoms with Gasteiger partial charge in [-0.2, -0.15) is 0 Å². The Morgan fingerprint density at radius 3 is 2.55 bits per heavy atom. The van der Waals surface area contributed by atoms with Crippen LogP contribution in [-0.2, 0) is 33.3 Å². The van der Waals surface area contributed by atoms with Crippen molar-refractivity contribution in [3.05, 3.63) is 23.3 Å². The summed E-state index contributed by atoms with van der Waals surface area (Å²) < 4.78 is 27.6. The third kappa shape index (κ3) is 4.42. The highest BCUT2D eigenvalue weighted by Gasteiger charge is 2.62. The van der Waals surface area contributed by atoms with Gasteiger partial charge in [-0.1, -0.05) is 13.8 Å². The van der Waals surface area contributed by atoms with Crippen molar-refractivity contribution < 1.29 is 53.7 Å². The molecule has 3 aliphatic heterocycles. The lowest BCUT2D eigenvalue weighted by molar-refractivity contribution is -0.310. The summed E-state index contributed by atoms with van der Waals surface area (Å²) in [6.07, 6.45) is -1.54. The van der Waals surface area contributed by atoms with Crippen molar-refractivity contribution in [1.82, 2.24) is 0 Å². The predicted molar refractivity (Wildman–Crippen MR) is 129 cm³/mol. The van der Waals surface area contributed by atoms with E-state index in [2.05, 4.69) is 13.8 Å². The largest absolute Gasteiger partial charge is 0.461 e. The molecule has 5 rings (SSSR count). The van der Waals surface area contributed by atoms with E-state index in [1.54, 1.807) is 12.2 Å². The molecule has 0 amide bonds. The highest BCUT2D eigenvalue weighted by Crippen LogP contribution is 2.64. The van der Waals surface area contributed by atoms with E-state index in [1.165, 1.54) is 7.11 Å².